The number of hydrogen-bond donors (Lipinski definition) is 4. The molecule has 13 nitrogen and oxygen atoms in total. The first-order valence-corrected chi connectivity index (χ1v) is 12.7. The van der Waals surface area contributed by atoms with E-state index < -0.39 is 34.7 Å². The number of nitrogens with zero attached hydrogens (tertiary/aromatic N) is 1. The number of esters is 2. The van der Waals surface area contributed by atoms with Gasteiger partial charge in [-0.3, -0.25) is 10.1 Å². The fraction of sp³-hybridized carbons (Fsp3) is 0.360. The molecule has 5 N–H and O–H groups in total. The minimum absolute atomic E-state index is 0.0323. The summed E-state index contributed by atoms with van der Waals surface area (Å²) in [5, 5.41) is 30.1. The predicted molar refractivity (Wildman–Crippen MR) is 143 cm³/mol. The Morgan fingerprint density at radius 2 is 1.79 bits per heavy atom. The lowest BCUT2D eigenvalue weighted by atomic mass is 9.80. The summed E-state index contributed by atoms with van der Waals surface area (Å²) in [4.78, 5) is 55.6. The summed E-state index contributed by atoms with van der Waals surface area (Å²) >= 11 is 1.53. The number of carboxylic acids is 2. The zero-order valence-corrected chi connectivity index (χ0v) is 22.6. The van der Waals surface area contributed by atoms with Gasteiger partial charge in [-0.15, -0.1) is 0 Å². The van der Waals surface area contributed by atoms with Crippen molar-refractivity contribution in [2.45, 2.75) is 32.7 Å². The molecule has 0 radical (unpaired) electrons. The van der Waals surface area contributed by atoms with Gasteiger partial charge in [-0.1, -0.05) is 12.1 Å². The van der Waals surface area contributed by atoms with Gasteiger partial charge in [0.15, 0.2) is 0 Å². The van der Waals surface area contributed by atoms with Crippen molar-refractivity contribution in [3.8, 4) is 0 Å². The average Bonchev–Trinajstić information content (AvgIpc) is 2.87. The van der Waals surface area contributed by atoms with Crippen LogP contribution in [0, 0.1) is 10.1 Å². The lowest BCUT2D eigenvalue weighted by Gasteiger charge is -2.31. The number of rotatable bonds is 11. The van der Waals surface area contributed by atoms with Crippen molar-refractivity contribution in [3.05, 3.63) is 74.6 Å². The van der Waals surface area contributed by atoms with Gasteiger partial charge in [-0.2, -0.15) is 11.8 Å². The zero-order valence-electron chi connectivity index (χ0n) is 21.8. The molecule has 39 heavy (non-hydrogen) atoms. The molecule has 2 rings (SSSR count). The largest absolute Gasteiger partial charge is 0.478 e. The summed E-state index contributed by atoms with van der Waals surface area (Å²) in [6, 6.07) is 5.85. The molecule has 1 aromatic rings. The number of allylic oxidation sites excluding steroid dienone is 1. The normalized spacial score (nSPS) is 15.6. The summed E-state index contributed by atoms with van der Waals surface area (Å²) in [6.45, 7) is 5.41. The molecule has 0 aromatic heterocycles. The Morgan fingerprint density at radius 3 is 2.28 bits per heavy atom. The summed E-state index contributed by atoms with van der Waals surface area (Å²) in [5.74, 6) is -3.54. The minimum Gasteiger partial charge on any atom is -0.478 e. The van der Waals surface area contributed by atoms with Crippen LogP contribution in [-0.2, 0) is 28.7 Å². The van der Waals surface area contributed by atoms with Crippen LogP contribution < -0.4 is 11.1 Å². The molecule has 1 aliphatic rings. The van der Waals surface area contributed by atoms with Crippen molar-refractivity contribution in [2.75, 3.05) is 25.2 Å². The number of thioether (sulfide) groups is 1. The topological polar surface area (TPSA) is 208 Å². The first-order chi connectivity index (χ1) is 18.3. The number of hydrogen-bond acceptors (Lipinski definition) is 11. The Morgan fingerprint density at radius 1 is 1.18 bits per heavy atom. The highest BCUT2D eigenvalue weighted by Gasteiger charge is 2.39. The number of dihydropyridines is 1. The molecule has 0 fully saturated rings. The van der Waals surface area contributed by atoms with Gasteiger partial charge >= 0.3 is 23.9 Å². The molecule has 2 atom stereocenters. The Hall–Kier alpha value is -4.17. The van der Waals surface area contributed by atoms with Gasteiger partial charge in [-0.05, 0) is 26.3 Å². The standard InChI is InChI=1S/C21H27N3O6S.C4H4O4/c1-5-30-21(26)19-16(11-31-10-12(2)22)23-13(3)17(20(25)29-4)18(19)14-7-6-8-15(9-14)24(27)28;5-3(6)1-2-4(7)8/h6-9,12,18,23H,5,10-11,22H2,1-4H3;1-2H,(H,5,6)(H,7,8)/b;2-1+. The Balaban J connectivity index is 0.000000824. The maximum Gasteiger partial charge on any atom is 0.336 e. The number of nitro benzene ring substituents is 1. The molecular weight excluding hydrogens is 534 g/mol. The third-order valence-corrected chi connectivity index (χ3v) is 6.21. The summed E-state index contributed by atoms with van der Waals surface area (Å²) in [6.07, 6.45) is 1.12. The van der Waals surface area contributed by atoms with E-state index in [1.165, 1.54) is 37.1 Å². The average molecular weight is 566 g/mol. The molecule has 212 valence electrons. The number of aliphatic carboxylic acids is 2. The van der Waals surface area contributed by atoms with Crippen LogP contribution in [0.1, 0.15) is 32.3 Å². The number of carbonyl (C=O) groups excluding carboxylic acids is 2. The molecular formula is C25H31N3O10S. The molecule has 0 saturated carbocycles. The summed E-state index contributed by atoms with van der Waals surface area (Å²) in [5.41, 5.74) is 7.63. The SMILES string of the molecule is CCOC(=O)C1=C(CSCC(C)N)NC(C)=C(C(=O)OC)C1c1cccc([N+](=O)[O-])c1.O=C(O)/C=C/C(=O)O. The van der Waals surface area contributed by atoms with E-state index in [2.05, 4.69) is 5.32 Å². The van der Waals surface area contributed by atoms with Crippen molar-refractivity contribution in [3.63, 3.8) is 0 Å². The van der Waals surface area contributed by atoms with Gasteiger partial charge in [0.2, 0.25) is 0 Å². The van der Waals surface area contributed by atoms with Crippen LogP contribution in [0.5, 0.6) is 0 Å². The van der Waals surface area contributed by atoms with Gasteiger partial charge in [0.1, 0.15) is 0 Å². The number of nitrogens with one attached hydrogen (secondary N) is 1. The first kappa shape index (κ1) is 32.9. The Bertz CT molecular complexity index is 1170. The minimum atomic E-state index is -1.26. The Kier molecular flexibility index (Phi) is 13.4. The van der Waals surface area contributed by atoms with Crippen molar-refractivity contribution in [1.82, 2.24) is 5.32 Å². The third-order valence-electron chi connectivity index (χ3n) is 4.96. The second kappa shape index (κ2) is 15.9. The van der Waals surface area contributed by atoms with Gasteiger partial charge in [0, 0.05) is 53.2 Å². The number of carboxylic acid groups (broad SMARTS) is 2. The van der Waals surface area contributed by atoms with E-state index in [0.29, 0.717) is 40.6 Å². The highest BCUT2D eigenvalue weighted by molar-refractivity contribution is 7.99. The summed E-state index contributed by atoms with van der Waals surface area (Å²) in [7, 11) is 1.24. The van der Waals surface area contributed by atoms with Crippen LogP contribution >= 0.6 is 11.8 Å². The second-order valence-electron chi connectivity index (χ2n) is 8.06. The highest BCUT2D eigenvalue weighted by Crippen LogP contribution is 2.40. The molecule has 0 amide bonds. The van der Waals surface area contributed by atoms with Gasteiger partial charge in [-0.25, -0.2) is 19.2 Å². The lowest BCUT2D eigenvalue weighted by molar-refractivity contribution is -0.384. The first-order valence-electron chi connectivity index (χ1n) is 11.5. The van der Waals surface area contributed by atoms with Crippen molar-refractivity contribution < 1.29 is 43.8 Å². The molecule has 1 aromatic carbocycles. The molecule has 0 bridgehead atoms. The van der Waals surface area contributed by atoms with Crippen LogP contribution in [0.25, 0.3) is 0 Å². The van der Waals surface area contributed by atoms with Crippen LogP contribution in [0.3, 0.4) is 0 Å². The van der Waals surface area contributed by atoms with Crippen LogP contribution in [-0.4, -0.2) is 70.3 Å². The predicted octanol–water partition coefficient (Wildman–Crippen LogP) is 2.34. The monoisotopic (exact) mass is 565 g/mol. The van der Waals surface area contributed by atoms with E-state index in [-0.39, 0.29) is 29.5 Å². The third kappa shape index (κ3) is 10.2. The number of nitrogens with two attached hydrogens (primary N) is 1. The summed E-state index contributed by atoms with van der Waals surface area (Å²) < 4.78 is 10.2. The quantitative estimate of drug-likeness (QED) is 0.132. The van der Waals surface area contributed by atoms with Crippen LogP contribution in [0.4, 0.5) is 5.69 Å². The van der Waals surface area contributed by atoms with E-state index in [4.69, 9.17) is 25.4 Å². The van der Waals surface area contributed by atoms with E-state index in [1.54, 1.807) is 19.9 Å². The number of methoxy groups -OCH3 is 1. The molecule has 2 unspecified atom stereocenters. The number of benzene rings is 1. The van der Waals surface area contributed by atoms with Gasteiger partial charge in [0.05, 0.1) is 35.7 Å². The maximum absolute atomic E-state index is 13.0. The lowest BCUT2D eigenvalue weighted by Crippen LogP contribution is -2.34. The van der Waals surface area contributed by atoms with Crippen molar-refractivity contribution >= 4 is 41.3 Å². The number of nitro groups is 1. The Labute approximate surface area is 228 Å². The highest BCUT2D eigenvalue weighted by atomic mass is 32.2. The van der Waals surface area contributed by atoms with Gasteiger partial charge < -0.3 is 30.7 Å². The fourth-order valence-electron chi connectivity index (χ4n) is 3.48. The van der Waals surface area contributed by atoms with Crippen molar-refractivity contribution in [1.29, 1.82) is 0 Å². The van der Waals surface area contributed by atoms with E-state index in [0.717, 1.165) is 0 Å². The van der Waals surface area contributed by atoms with E-state index in [9.17, 15) is 29.3 Å². The molecule has 0 saturated heterocycles. The van der Waals surface area contributed by atoms with E-state index in [1.807, 2.05) is 6.92 Å². The molecule has 14 heteroatoms. The fourth-order valence-corrected chi connectivity index (χ4v) is 4.40. The number of non-ortho nitro benzene ring substituents is 1. The number of ether oxygens (including phenoxy) is 2. The van der Waals surface area contributed by atoms with Gasteiger partial charge in [0.25, 0.3) is 5.69 Å². The molecule has 1 aliphatic heterocycles. The van der Waals surface area contributed by atoms with Crippen LogP contribution in [0.2, 0.25) is 0 Å². The van der Waals surface area contributed by atoms with E-state index >= 15 is 0 Å². The molecule has 0 spiro atoms. The van der Waals surface area contributed by atoms with Crippen molar-refractivity contribution in [2.24, 2.45) is 5.73 Å². The number of carbonyl (C=O) groups is 4. The van der Waals surface area contributed by atoms with Crippen LogP contribution in [0.15, 0.2) is 59.0 Å². The molecule has 1 heterocycles. The zero-order chi connectivity index (χ0) is 29.7. The maximum atomic E-state index is 13.0. The smallest absolute Gasteiger partial charge is 0.336 e. The second-order valence-corrected chi connectivity index (χ2v) is 9.09. The molecule has 0 aliphatic carbocycles.